The lowest BCUT2D eigenvalue weighted by atomic mass is 10.1. The van der Waals surface area contributed by atoms with Gasteiger partial charge in [-0.25, -0.2) is 0 Å². The Morgan fingerprint density at radius 1 is 1.56 bits per heavy atom. The lowest BCUT2D eigenvalue weighted by Gasteiger charge is -2.08. The van der Waals surface area contributed by atoms with Crippen LogP contribution in [0.25, 0.3) is 10.9 Å². The van der Waals surface area contributed by atoms with Gasteiger partial charge < -0.3 is 14.8 Å². The molecule has 0 spiro atoms. The van der Waals surface area contributed by atoms with E-state index in [9.17, 15) is 5.11 Å². The Labute approximate surface area is 119 Å². The number of ether oxygens (including phenoxy) is 1. The maximum atomic E-state index is 10.2. The van der Waals surface area contributed by atoms with E-state index in [1.165, 1.54) is 0 Å². The van der Waals surface area contributed by atoms with Gasteiger partial charge in [-0.05, 0) is 47.7 Å². The molecule has 1 aromatic heterocycles. The molecular formula is C14H14INO2. The standard InChI is InChI=1S/C14H14INO2/c1-4-8(2)14(17)13-12(15)10-7-9(18-3)5-6-11(10)16-13/h5-7,14,16-17H,1H2,2-3H3. The van der Waals surface area contributed by atoms with Crippen LogP contribution in [0.15, 0.2) is 36.1 Å². The zero-order valence-electron chi connectivity index (χ0n) is 10.2. The maximum Gasteiger partial charge on any atom is 0.123 e. The first kappa shape index (κ1) is 13.2. The van der Waals surface area contributed by atoms with E-state index < -0.39 is 6.10 Å². The minimum absolute atomic E-state index is 0.700. The summed E-state index contributed by atoms with van der Waals surface area (Å²) in [6, 6.07) is 5.79. The van der Waals surface area contributed by atoms with Crippen LogP contribution in [0.4, 0.5) is 0 Å². The summed E-state index contributed by atoms with van der Waals surface area (Å²) in [6.07, 6.45) is -0.701. The molecule has 3 nitrogen and oxygen atoms in total. The molecule has 0 saturated carbocycles. The first-order chi connectivity index (χ1) is 8.58. The molecule has 0 saturated heterocycles. The predicted molar refractivity (Wildman–Crippen MR) is 80.9 cm³/mol. The zero-order chi connectivity index (χ0) is 13.3. The molecule has 18 heavy (non-hydrogen) atoms. The lowest BCUT2D eigenvalue weighted by Crippen LogP contribution is -2.00. The highest BCUT2D eigenvalue weighted by Crippen LogP contribution is 2.32. The van der Waals surface area contributed by atoms with Crippen LogP contribution in [-0.4, -0.2) is 17.2 Å². The number of H-pyrrole nitrogens is 1. The monoisotopic (exact) mass is 355 g/mol. The Morgan fingerprint density at radius 3 is 2.89 bits per heavy atom. The Kier molecular flexibility index (Phi) is 3.80. The molecule has 0 fully saturated rings. The molecule has 2 aromatic rings. The summed E-state index contributed by atoms with van der Waals surface area (Å²) >= 11 is 2.22. The molecule has 2 rings (SSSR count). The van der Waals surface area contributed by atoms with Crippen LogP contribution in [0, 0.1) is 3.57 Å². The molecule has 1 atom stereocenters. The third-order valence-corrected chi connectivity index (χ3v) is 4.09. The maximum absolute atomic E-state index is 10.2. The number of aromatic amines is 1. The van der Waals surface area contributed by atoms with Gasteiger partial charge in [-0.15, -0.1) is 5.73 Å². The van der Waals surface area contributed by atoms with Gasteiger partial charge in [0.05, 0.1) is 12.8 Å². The van der Waals surface area contributed by atoms with E-state index in [0.29, 0.717) is 5.57 Å². The molecule has 0 aliphatic rings. The highest BCUT2D eigenvalue weighted by molar-refractivity contribution is 14.1. The fraction of sp³-hybridized carbons (Fsp3) is 0.214. The van der Waals surface area contributed by atoms with Crippen molar-refractivity contribution in [1.82, 2.24) is 4.98 Å². The van der Waals surface area contributed by atoms with Gasteiger partial charge in [-0.2, -0.15) is 0 Å². The summed E-state index contributed by atoms with van der Waals surface area (Å²) in [4.78, 5) is 3.23. The second-order valence-electron chi connectivity index (χ2n) is 4.03. The highest BCUT2D eigenvalue weighted by atomic mass is 127. The molecule has 2 N–H and O–H groups in total. The number of aromatic nitrogens is 1. The fourth-order valence-corrected chi connectivity index (χ4v) is 2.66. The average molecular weight is 355 g/mol. The largest absolute Gasteiger partial charge is 0.497 e. The molecule has 4 heteroatoms. The van der Waals surface area contributed by atoms with Gasteiger partial charge in [0.25, 0.3) is 0 Å². The molecule has 1 heterocycles. The van der Waals surface area contributed by atoms with Crippen molar-refractivity contribution in [2.75, 3.05) is 7.11 Å². The molecule has 0 bridgehead atoms. The summed E-state index contributed by atoms with van der Waals surface area (Å²) in [5, 5.41) is 11.2. The Bertz CT molecular complexity index is 639. The molecule has 94 valence electrons. The normalized spacial score (nSPS) is 12.2. The van der Waals surface area contributed by atoms with Crippen molar-refractivity contribution < 1.29 is 9.84 Å². The zero-order valence-corrected chi connectivity index (χ0v) is 12.4. The number of halogens is 1. The van der Waals surface area contributed by atoms with Gasteiger partial charge >= 0.3 is 0 Å². The number of rotatable bonds is 3. The number of hydrogen-bond donors (Lipinski definition) is 2. The van der Waals surface area contributed by atoms with Gasteiger partial charge in [0.15, 0.2) is 0 Å². The van der Waals surface area contributed by atoms with E-state index in [2.05, 4.69) is 39.9 Å². The Hall–Kier alpha value is -1.23. The molecule has 0 amide bonds. The topological polar surface area (TPSA) is 45.2 Å². The van der Waals surface area contributed by atoms with E-state index in [1.54, 1.807) is 14.0 Å². The van der Waals surface area contributed by atoms with Crippen LogP contribution in [0.3, 0.4) is 0 Å². The Morgan fingerprint density at radius 2 is 2.28 bits per heavy atom. The SMILES string of the molecule is C=C=C(C)C(O)c1[nH]c2ccc(OC)cc2c1I. The van der Waals surface area contributed by atoms with Gasteiger partial charge in [0, 0.05) is 20.0 Å². The number of aliphatic hydroxyl groups excluding tert-OH is 1. The fourth-order valence-electron chi connectivity index (χ4n) is 1.79. The van der Waals surface area contributed by atoms with Crippen LogP contribution in [0.5, 0.6) is 5.75 Å². The van der Waals surface area contributed by atoms with Crippen molar-refractivity contribution in [2.24, 2.45) is 0 Å². The average Bonchev–Trinajstić information content (AvgIpc) is 2.73. The van der Waals surface area contributed by atoms with Crippen molar-refractivity contribution >= 4 is 33.5 Å². The van der Waals surface area contributed by atoms with Crippen molar-refractivity contribution in [2.45, 2.75) is 13.0 Å². The third-order valence-electron chi connectivity index (χ3n) is 2.93. The van der Waals surface area contributed by atoms with Crippen molar-refractivity contribution in [3.05, 3.63) is 45.3 Å². The molecular weight excluding hydrogens is 341 g/mol. The number of benzene rings is 1. The number of fused-ring (bicyclic) bond motifs is 1. The summed E-state index contributed by atoms with van der Waals surface area (Å²) in [7, 11) is 1.64. The van der Waals surface area contributed by atoms with Crippen LogP contribution in [-0.2, 0) is 0 Å². The third kappa shape index (κ3) is 2.19. The van der Waals surface area contributed by atoms with Crippen molar-refractivity contribution in [1.29, 1.82) is 0 Å². The smallest absolute Gasteiger partial charge is 0.123 e. The first-order valence-electron chi connectivity index (χ1n) is 5.48. The van der Waals surface area contributed by atoms with Crippen LogP contribution in [0.2, 0.25) is 0 Å². The number of aliphatic hydroxyl groups is 1. The van der Waals surface area contributed by atoms with E-state index in [4.69, 9.17) is 4.74 Å². The summed E-state index contributed by atoms with van der Waals surface area (Å²) in [5.74, 6) is 0.802. The molecule has 0 aliphatic carbocycles. The summed E-state index contributed by atoms with van der Waals surface area (Å²) in [6.45, 7) is 5.37. The first-order valence-corrected chi connectivity index (χ1v) is 6.56. The predicted octanol–water partition coefficient (Wildman–Crippen LogP) is 3.55. The van der Waals surface area contributed by atoms with E-state index in [1.807, 2.05) is 18.2 Å². The molecule has 1 unspecified atom stereocenters. The van der Waals surface area contributed by atoms with Crippen LogP contribution in [0.1, 0.15) is 18.7 Å². The minimum Gasteiger partial charge on any atom is -0.497 e. The van der Waals surface area contributed by atoms with Gasteiger partial charge in [-0.1, -0.05) is 6.58 Å². The molecule has 0 aliphatic heterocycles. The second kappa shape index (κ2) is 5.18. The van der Waals surface area contributed by atoms with Crippen molar-refractivity contribution in [3.63, 3.8) is 0 Å². The number of hydrogen-bond acceptors (Lipinski definition) is 2. The van der Waals surface area contributed by atoms with Gasteiger partial charge in [-0.3, -0.25) is 0 Å². The molecule has 0 radical (unpaired) electrons. The van der Waals surface area contributed by atoms with Crippen molar-refractivity contribution in [3.8, 4) is 5.75 Å². The summed E-state index contributed by atoms with van der Waals surface area (Å²) < 4.78 is 6.20. The van der Waals surface area contributed by atoms with E-state index in [0.717, 1.165) is 25.9 Å². The van der Waals surface area contributed by atoms with Gasteiger partial charge in [0.1, 0.15) is 11.9 Å². The lowest BCUT2D eigenvalue weighted by molar-refractivity contribution is 0.211. The number of nitrogens with one attached hydrogen (secondary N) is 1. The number of methoxy groups -OCH3 is 1. The highest BCUT2D eigenvalue weighted by Gasteiger charge is 2.18. The second-order valence-corrected chi connectivity index (χ2v) is 5.11. The Balaban J connectivity index is 2.60. The van der Waals surface area contributed by atoms with E-state index in [-0.39, 0.29) is 0 Å². The van der Waals surface area contributed by atoms with Gasteiger partial charge in [0.2, 0.25) is 0 Å². The van der Waals surface area contributed by atoms with Crippen LogP contribution < -0.4 is 4.74 Å². The van der Waals surface area contributed by atoms with Crippen LogP contribution >= 0.6 is 22.6 Å². The quantitative estimate of drug-likeness (QED) is 0.654. The summed E-state index contributed by atoms with van der Waals surface area (Å²) in [5.41, 5.74) is 5.18. The molecule has 1 aromatic carbocycles. The minimum atomic E-state index is -0.701. The van der Waals surface area contributed by atoms with E-state index >= 15 is 0 Å².